The molecule has 0 bridgehead atoms. The molecule has 0 aromatic heterocycles. The number of hydrogen-bond donors (Lipinski definition) is 1. The summed E-state index contributed by atoms with van der Waals surface area (Å²) >= 11 is 3.19. The van der Waals surface area contributed by atoms with Gasteiger partial charge in [-0.25, -0.2) is 4.39 Å². The first-order valence-corrected chi connectivity index (χ1v) is 6.31. The Morgan fingerprint density at radius 3 is 2.75 bits per heavy atom. The van der Waals surface area contributed by atoms with Crippen molar-refractivity contribution in [1.29, 1.82) is 0 Å². The molecule has 1 rings (SSSR count). The molecule has 0 radical (unpaired) electrons. The van der Waals surface area contributed by atoms with E-state index < -0.39 is 0 Å². The summed E-state index contributed by atoms with van der Waals surface area (Å²) in [5, 5.41) is 3.29. The molecular formula is C13H17BrFN. The van der Waals surface area contributed by atoms with E-state index in [1.807, 2.05) is 0 Å². The highest BCUT2D eigenvalue weighted by Gasteiger charge is 2.00. The minimum atomic E-state index is -0.220. The van der Waals surface area contributed by atoms with Crippen LogP contribution >= 0.6 is 15.9 Å². The molecule has 1 N–H and O–H groups in total. The highest BCUT2D eigenvalue weighted by molar-refractivity contribution is 9.10. The molecule has 0 atom stereocenters. The highest BCUT2D eigenvalue weighted by atomic mass is 79.9. The van der Waals surface area contributed by atoms with E-state index >= 15 is 0 Å². The molecule has 0 aliphatic heterocycles. The van der Waals surface area contributed by atoms with Gasteiger partial charge in [-0.1, -0.05) is 31.6 Å². The Bertz CT molecular complexity index is 374. The predicted molar refractivity (Wildman–Crippen MR) is 70.9 cm³/mol. The zero-order valence-electron chi connectivity index (χ0n) is 9.69. The van der Waals surface area contributed by atoms with Gasteiger partial charge < -0.3 is 5.32 Å². The van der Waals surface area contributed by atoms with E-state index in [2.05, 4.69) is 41.2 Å². The molecular weight excluding hydrogens is 269 g/mol. The lowest BCUT2D eigenvalue weighted by Crippen LogP contribution is -2.15. The quantitative estimate of drug-likeness (QED) is 0.863. The van der Waals surface area contributed by atoms with E-state index in [0.717, 1.165) is 25.1 Å². The Morgan fingerprint density at radius 1 is 1.44 bits per heavy atom. The Kier molecular flexibility index (Phi) is 5.71. The molecule has 1 nitrogen and oxygen atoms in total. The minimum Gasteiger partial charge on any atom is -0.313 e. The van der Waals surface area contributed by atoms with Gasteiger partial charge in [0.1, 0.15) is 5.82 Å². The van der Waals surface area contributed by atoms with E-state index in [1.54, 1.807) is 12.1 Å². The van der Waals surface area contributed by atoms with Crippen molar-refractivity contribution in [1.82, 2.24) is 5.32 Å². The monoisotopic (exact) mass is 285 g/mol. The first kappa shape index (κ1) is 13.4. The molecule has 0 aliphatic rings. The van der Waals surface area contributed by atoms with E-state index in [-0.39, 0.29) is 5.82 Å². The summed E-state index contributed by atoms with van der Waals surface area (Å²) < 4.78 is 13.6. The van der Waals surface area contributed by atoms with Crippen molar-refractivity contribution in [3.05, 3.63) is 39.6 Å². The smallest absolute Gasteiger partial charge is 0.137 e. The van der Waals surface area contributed by atoms with Crippen molar-refractivity contribution in [2.45, 2.75) is 20.3 Å². The van der Waals surface area contributed by atoms with Crippen LogP contribution in [0.15, 0.2) is 28.2 Å². The molecule has 0 spiro atoms. The minimum absolute atomic E-state index is 0.220. The van der Waals surface area contributed by atoms with Crippen molar-refractivity contribution < 1.29 is 4.39 Å². The van der Waals surface area contributed by atoms with E-state index in [9.17, 15) is 4.39 Å². The normalized spacial score (nSPS) is 11.9. The van der Waals surface area contributed by atoms with Crippen LogP contribution in [0.1, 0.15) is 25.8 Å². The van der Waals surface area contributed by atoms with Crippen LogP contribution < -0.4 is 5.32 Å². The number of likely N-dealkylation sites (N-methyl/N-ethyl adjacent to an activating group) is 1. The molecule has 0 unspecified atom stereocenters. The molecule has 0 heterocycles. The third-order valence-electron chi connectivity index (χ3n) is 2.37. The Morgan fingerprint density at radius 2 is 2.19 bits per heavy atom. The van der Waals surface area contributed by atoms with Gasteiger partial charge in [0.05, 0.1) is 4.47 Å². The van der Waals surface area contributed by atoms with Gasteiger partial charge >= 0.3 is 0 Å². The van der Waals surface area contributed by atoms with E-state index in [4.69, 9.17) is 0 Å². The zero-order chi connectivity index (χ0) is 12.0. The van der Waals surface area contributed by atoms with Gasteiger partial charge in [0, 0.05) is 6.54 Å². The molecule has 1 aromatic rings. The average molecular weight is 286 g/mol. The molecule has 0 saturated heterocycles. The number of rotatable bonds is 5. The maximum absolute atomic E-state index is 13.0. The molecule has 16 heavy (non-hydrogen) atoms. The summed E-state index contributed by atoms with van der Waals surface area (Å²) in [5.41, 5.74) is 2.35. The maximum Gasteiger partial charge on any atom is 0.137 e. The number of hydrogen-bond acceptors (Lipinski definition) is 1. The second-order valence-corrected chi connectivity index (χ2v) is 4.46. The van der Waals surface area contributed by atoms with Gasteiger partial charge in [0.15, 0.2) is 0 Å². The number of halogens is 2. The lowest BCUT2D eigenvalue weighted by Gasteiger charge is -2.06. The number of nitrogens with one attached hydrogen (secondary N) is 1. The summed E-state index contributed by atoms with van der Waals surface area (Å²) in [6.45, 7) is 6.07. The Labute approximate surface area is 105 Å². The molecule has 0 amide bonds. The zero-order valence-corrected chi connectivity index (χ0v) is 11.3. The fourth-order valence-electron chi connectivity index (χ4n) is 1.40. The Balaban J connectivity index is 2.82. The van der Waals surface area contributed by atoms with Crippen LogP contribution in [0.5, 0.6) is 0 Å². The molecule has 0 fully saturated rings. The van der Waals surface area contributed by atoms with Crippen LogP contribution in [-0.2, 0) is 0 Å². The SMILES string of the molecule is CCNCC(=Cc1ccc(F)c(Br)c1)CC. The van der Waals surface area contributed by atoms with Crippen LogP contribution in [0, 0.1) is 5.82 Å². The average Bonchev–Trinajstić information content (AvgIpc) is 2.29. The van der Waals surface area contributed by atoms with Crippen LogP contribution in [0.25, 0.3) is 6.08 Å². The molecule has 0 saturated carbocycles. The molecule has 1 aromatic carbocycles. The lowest BCUT2D eigenvalue weighted by atomic mass is 10.1. The third kappa shape index (κ3) is 4.06. The fraction of sp³-hybridized carbons (Fsp3) is 0.385. The van der Waals surface area contributed by atoms with Crippen LogP contribution in [0.3, 0.4) is 0 Å². The first-order valence-electron chi connectivity index (χ1n) is 5.52. The third-order valence-corrected chi connectivity index (χ3v) is 2.98. The maximum atomic E-state index is 13.0. The topological polar surface area (TPSA) is 12.0 Å². The summed E-state index contributed by atoms with van der Waals surface area (Å²) in [5.74, 6) is -0.220. The van der Waals surface area contributed by atoms with Crippen molar-refractivity contribution in [3.63, 3.8) is 0 Å². The highest BCUT2D eigenvalue weighted by Crippen LogP contribution is 2.19. The van der Waals surface area contributed by atoms with Crippen molar-refractivity contribution in [2.75, 3.05) is 13.1 Å². The van der Waals surface area contributed by atoms with Crippen LogP contribution in [0.4, 0.5) is 4.39 Å². The second kappa shape index (κ2) is 6.81. The van der Waals surface area contributed by atoms with Crippen LogP contribution in [-0.4, -0.2) is 13.1 Å². The predicted octanol–water partition coefficient (Wildman–Crippen LogP) is 3.99. The van der Waals surface area contributed by atoms with Gasteiger partial charge in [-0.15, -0.1) is 0 Å². The molecule has 88 valence electrons. The van der Waals surface area contributed by atoms with Crippen LogP contribution in [0.2, 0.25) is 0 Å². The molecule has 3 heteroatoms. The van der Waals surface area contributed by atoms with Gasteiger partial charge in [-0.3, -0.25) is 0 Å². The van der Waals surface area contributed by atoms with Gasteiger partial charge in [0.2, 0.25) is 0 Å². The summed E-state index contributed by atoms with van der Waals surface area (Å²) in [7, 11) is 0. The van der Waals surface area contributed by atoms with E-state index in [1.165, 1.54) is 11.6 Å². The largest absolute Gasteiger partial charge is 0.313 e. The summed E-state index contributed by atoms with van der Waals surface area (Å²) in [6, 6.07) is 5.08. The first-order chi connectivity index (χ1) is 7.67. The van der Waals surface area contributed by atoms with Crippen molar-refractivity contribution >= 4 is 22.0 Å². The fourth-order valence-corrected chi connectivity index (χ4v) is 1.80. The van der Waals surface area contributed by atoms with Crippen molar-refractivity contribution in [3.8, 4) is 0 Å². The van der Waals surface area contributed by atoms with E-state index in [0.29, 0.717) is 4.47 Å². The van der Waals surface area contributed by atoms with Gasteiger partial charge in [-0.05, 0) is 46.6 Å². The van der Waals surface area contributed by atoms with Gasteiger partial charge in [-0.2, -0.15) is 0 Å². The summed E-state index contributed by atoms with van der Waals surface area (Å²) in [4.78, 5) is 0. The van der Waals surface area contributed by atoms with Gasteiger partial charge in [0.25, 0.3) is 0 Å². The number of benzene rings is 1. The Hall–Kier alpha value is -0.670. The molecule has 0 aliphatic carbocycles. The van der Waals surface area contributed by atoms with Crippen molar-refractivity contribution in [2.24, 2.45) is 0 Å². The lowest BCUT2D eigenvalue weighted by molar-refractivity contribution is 0.621. The summed E-state index contributed by atoms with van der Waals surface area (Å²) in [6.07, 6.45) is 3.11. The standard InChI is InChI=1S/C13H17BrFN/c1-3-10(9-16-4-2)7-11-5-6-13(15)12(14)8-11/h5-8,16H,3-4,9H2,1-2H3. The second-order valence-electron chi connectivity index (χ2n) is 3.61.